The molecule has 0 amide bonds. The Morgan fingerprint density at radius 2 is 1.94 bits per heavy atom. The second-order valence-electron chi connectivity index (χ2n) is 2.73. The first-order valence-corrected chi connectivity index (χ1v) is 7.08. The molecule has 0 bridgehead atoms. The molecule has 0 aromatic heterocycles. The molecule has 0 radical (unpaired) electrons. The fourth-order valence-electron chi connectivity index (χ4n) is 0.829. The summed E-state index contributed by atoms with van der Waals surface area (Å²) in [5.74, 6) is 0.571. The lowest BCUT2D eigenvalue weighted by Crippen LogP contribution is -2.09. The first-order chi connectivity index (χ1) is 7.37. The first kappa shape index (κ1) is 13.8. The monoisotopic (exact) mass is 328 g/mol. The third-order valence-corrected chi connectivity index (χ3v) is 3.27. The molecule has 5 nitrogen and oxygen atoms in total. The Kier molecular flexibility index (Phi) is 5.06. The third kappa shape index (κ3) is 5.71. The van der Waals surface area contributed by atoms with Crippen LogP contribution < -0.4 is 4.74 Å². The quantitative estimate of drug-likeness (QED) is 0.509. The Labute approximate surface area is 106 Å². The molecule has 0 fully saturated rings. The Balaban J connectivity index is 2.45. The van der Waals surface area contributed by atoms with Gasteiger partial charge in [-0.05, 0) is 31.2 Å². The first-order valence-electron chi connectivity index (χ1n) is 4.11. The predicted molar refractivity (Wildman–Crippen MR) is 64.5 cm³/mol. The van der Waals surface area contributed by atoms with Gasteiger partial charge in [-0.15, -0.1) is 0 Å². The molecule has 90 valence electrons. The van der Waals surface area contributed by atoms with Crippen LogP contribution in [0.15, 0.2) is 28.7 Å². The zero-order chi connectivity index (χ0) is 12.2. The van der Waals surface area contributed by atoms with Crippen molar-refractivity contribution in [3.8, 4) is 5.75 Å². The molecule has 1 aromatic rings. The van der Waals surface area contributed by atoms with Crippen LogP contribution in [0.4, 0.5) is 0 Å². The van der Waals surface area contributed by atoms with Crippen LogP contribution in [0.2, 0.25) is 0 Å². The number of benzene rings is 1. The predicted octanol–water partition coefficient (Wildman–Crippen LogP) is 2.64. The Morgan fingerprint density at radius 3 is 2.44 bits per heavy atom. The van der Waals surface area contributed by atoms with Crippen molar-refractivity contribution in [3.63, 3.8) is 0 Å². The molecular formula is C8H9BrO5S2. The highest BCUT2D eigenvalue weighted by molar-refractivity contribution is 9.10. The van der Waals surface area contributed by atoms with Gasteiger partial charge in [0.15, 0.2) is 5.44 Å². The summed E-state index contributed by atoms with van der Waals surface area (Å²) in [6.45, 7) is 1.60. The summed E-state index contributed by atoms with van der Waals surface area (Å²) in [6, 6.07) is 7.01. The summed E-state index contributed by atoms with van der Waals surface area (Å²) in [6.07, 6.45) is 0. The minimum absolute atomic E-state index is 0.510. The van der Waals surface area contributed by atoms with Crippen LogP contribution in [-0.2, 0) is 14.0 Å². The van der Waals surface area contributed by atoms with Crippen molar-refractivity contribution in [1.29, 1.82) is 0 Å². The molecular weight excluding hydrogens is 320 g/mol. The summed E-state index contributed by atoms with van der Waals surface area (Å²) >= 11 is 3.78. The van der Waals surface area contributed by atoms with E-state index in [0.717, 1.165) is 4.47 Å². The topological polar surface area (TPSA) is 72.8 Å². The smallest absolute Gasteiger partial charge is 0.408 e. The minimum atomic E-state index is -4.44. The van der Waals surface area contributed by atoms with E-state index in [1.54, 1.807) is 31.2 Å². The van der Waals surface area contributed by atoms with Gasteiger partial charge in [-0.2, -0.15) is 12.0 Å². The van der Waals surface area contributed by atoms with E-state index in [0.29, 0.717) is 17.8 Å². The SMILES string of the molecule is CC(Oc1ccc(Br)cc1)SOS(=O)(=O)O. The molecule has 1 N–H and O–H groups in total. The van der Waals surface area contributed by atoms with Crippen molar-refractivity contribution >= 4 is 38.4 Å². The van der Waals surface area contributed by atoms with Crippen LogP contribution in [0, 0.1) is 0 Å². The van der Waals surface area contributed by atoms with Crippen LogP contribution >= 0.6 is 28.0 Å². The lowest BCUT2D eigenvalue weighted by atomic mass is 10.3. The van der Waals surface area contributed by atoms with Crippen LogP contribution in [0.1, 0.15) is 6.92 Å². The van der Waals surface area contributed by atoms with E-state index in [1.165, 1.54) is 0 Å². The van der Waals surface area contributed by atoms with E-state index in [2.05, 4.69) is 19.6 Å². The van der Waals surface area contributed by atoms with Gasteiger partial charge in [0.25, 0.3) is 0 Å². The Morgan fingerprint density at radius 1 is 1.38 bits per heavy atom. The second-order valence-corrected chi connectivity index (χ2v) is 5.90. The molecule has 0 saturated heterocycles. The van der Waals surface area contributed by atoms with E-state index in [1.807, 2.05) is 0 Å². The largest absolute Gasteiger partial charge is 0.478 e. The van der Waals surface area contributed by atoms with E-state index in [-0.39, 0.29) is 0 Å². The highest BCUT2D eigenvalue weighted by atomic mass is 79.9. The van der Waals surface area contributed by atoms with Crippen molar-refractivity contribution in [3.05, 3.63) is 28.7 Å². The molecule has 0 aliphatic heterocycles. The van der Waals surface area contributed by atoms with Crippen molar-refractivity contribution in [1.82, 2.24) is 0 Å². The minimum Gasteiger partial charge on any atom is -0.478 e. The standard InChI is InChI=1S/C8H9BrO5S2/c1-6(15-14-16(10,11)12)13-8-4-2-7(9)3-5-8/h2-6H,1H3,(H,10,11,12). The molecule has 1 rings (SSSR count). The Hall–Kier alpha value is -0.280. The number of hydrogen-bond acceptors (Lipinski definition) is 5. The lowest BCUT2D eigenvalue weighted by molar-refractivity contribution is 0.298. The van der Waals surface area contributed by atoms with Gasteiger partial charge in [0.1, 0.15) is 5.75 Å². The lowest BCUT2D eigenvalue weighted by Gasteiger charge is -2.12. The van der Waals surface area contributed by atoms with E-state index < -0.39 is 15.8 Å². The number of rotatable bonds is 5. The molecule has 1 atom stereocenters. The average Bonchev–Trinajstić information content (AvgIpc) is 2.18. The second kappa shape index (κ2) is 5.87. The van der Waals surface area contributed by atoms with Gasteiger partial charge in [0.05, 0.1) is 12.0 Å². The van der Waals surface area contributed by atoms with Crippen molar-refractivity contribution in [2.45, 2.75) is 12.4 Å². The van der Waals surface area contributed by atoms with Gasteiger partial charge < -0.3 is 4.74 Å². The molecule has 0 saturated carbocycles. The molecule has 1 aromatic carbocycles. The van der Waals surface area contributed by atoms with Gasteiger partial charge in [-0.1, -0.05) is 15.9 Å². The summed E-state index contributed by atoms with van der Waals surface area (Å²) in [5.41, 5.74) is -0.567. The molecule has 0 aliphatic carbocycles. The molecule has 16 heavy (non-hydrogen) atoms. The van der Waals surface area contributed by atoms with Gasteiger partial charge in [-0.3, -0.25) is 4.55 Å². The zero-order valence-electron chi connectivity index (χ0n) is 8.16. The van der Waals surface area contributed by atoms with Crippen LogP contribution in [0.5, 0.6) is 5.75 Å². The summed E-state index contributed by atoms with van der Waals surface area (Å²) in [7, 11) is -4.44. The molecule has 0 aliphatic rings. The van der Waals surface area contributed by atoms with Crippen molar-refractivity contribution < 1.29 is 21.3 Å². The van der Waals surface area contributed by atoms with E-state index in [4.69, 9.17) is 9.29 Å². The Bertz CT molecular complexity index is 430. The fraction of sp³-hybridized carbons (Fsp3) is 0.250. The fourth-order valence-corrected chi connectivity index (χ4v) is 2.08. The zero-order valence-corrected chi connectivity index (χ0v) is 11.4. The maximum Gasteiger partial charge on any atom is 0.408 e. The molecule has 8 heteroatoms. The van der Waals surface area contributed by atoms with Gasteiger partial charge in [0, 0.05) is 4.47 Å². The normalized spacial score (nSPS) is 13.4. The van der Waals surface area contributed by atoms with E-state index >= 15 is 0 Å². The molecule has 0 heterocycles. The number of ether oxygens (including phenoxy) is 1. The number of hydrogen-bond donors (Lipinski definition) is 1. The molecule has 1 unspecified atom stereocenters. The maximum absolute atomic E-state index is 10.3. The maximum atomic E-state index is 10.3. The summed E-state index contributed by atoms with van der Waals surface area (Å²) < 4.78 is 39.2. The van der Waals surface area contributed by atoms with Gasteiger partial charge >= 0.3 is 10.4 Å². The van der Waals surface area contributed by atoms with Crippen LogP contribution in [0.3, 0.4) is 0 Å². The van der Waals surface area contributed by atoms with Gasteiger partial charge in [-0.25, -0.2) is 0 Å². The summed E-state index contributed by atoms with van der Waals surface area (Å²) in [5, 5.41) is 0. The van der Waals surface area contributed by atoms with Gasteiger partial charge in [0.2, 0.25) is 0 Å². The van der Waals surface area contributed by atoms with Crippen molar-refractivity contribution in [2.24, 2.45) is 0 Å². The van der Waals surface area contributed by atoms with E-state index in [9.17, 15) is 8.42 Å². The molecule has 0 spiro atoms. The highest BCUT2D eigenvalue weighted by Gasteiger charge is 2.11. The average molecular weight is 329 g/mol. The van der Waals surface area contributed by atoms with Crippen LogP contribution in [-0.4, -0.2) is 18.4 Å². The van der Waals surface area contributed by atoms with Crippen LogP contribution in [0.25, 0.3) is 0 Å². The number of halogens is 1. The van der Waals surface area contributed by atoms with Crippen molar-refractivity contribution in [2.75, 3.05) is 0 Å². The third-order valence-electron chi connectivity index (χ3n) is 1.38. The summed E-state index contributed by atoms with van der Waals surface area (Å²) in [4.78, 5) is 0. The highest BCUT2D eigenvalue weighted by Crippen LogP contribution is 2.22.